The Bertz CT molecular complexity index is 895. The highest BCUT2D eigenvalue weighted by molar-refractivity contribution is 5.36. The Hall–Kier alpha value is -2.52. The second-order valence-corrected chi connectivity index (χ2v) is 7.36. The Kier molecular flexibility index (Phi) is 4.56. The molecule has 3 aromatic rings. The molecule has 26 heavy (non-hydrogen) atoms. The predicted molar refractivity (Wildman–Crippen MR) is 105 cm³/mol. The summed E-state index contributed by atoms with van der Waals surface area (Å²) in [5.41, 5.74) is 6.63. The summed E-state index contributed by atoms with van der Waals surface area (Å²) < 4.78 is 2.40. The number of hydrogen-bond donors (Lipinski definition) is 1. The van der Waals surface area contributed by atoms with Gasteiger partial charge in [-0.1, -0.05) is 30.3 Å². The summed E-state index contributed by atoms with van der Waals surface area (Å²) in [5, 5.41) is 9.58. The Labute approximate surface area is 155 Å². The first-order valence-corrected chi connectivity index (χ1v) is 9.36. The smallest absolute Gasteiger partial charge is 0.115 e. The zero-order valence-electron chi connectivity index (χ0n) is 15.5. The van der Waals surface area contributed by atoms with E-state index in [1.54, 1.807) is 12.1 Å². The van der Waals surface area contributed by atoms with Crippen molar-refractivity contribution in [3.8, 4) is 5.75 Å². The predicted octanol–water partition coefficient (Wildman–Crippen LogP) is 4.81. The van der Waals surface area contributed by atoms with Crippen molar-refractivity contribution in [3.63, 3.8) is 0 Å². The van der Waals surface area contributed by atoms with Gasteiger partial charge in [0.15, 0.2) is 0 Å². The molecule has 0 bridgehead atoms. The van der Waals surface area contributed by atoms with Crippen LogP contribution >= 0.6 is 0 Å². The molecule has 3 nitrogen and oxygen atoms in total. The third-order valence-corrected chi connectivity index (χ3v) is 5.52. The van der Waals surface area contributed by atoms with E-state index in [2.05, 4.69) is 59.8 Å². The van der Waals surface area contributed by atoms with Gasteiger partial charge in [0, 0.05) is 31.5 Å². The molecule has 2 heterocycles. The normalized spacial score (nSPS) is 17.7. The molecule has 0 amide bonds. The molecule has 0 aliphatic carbocycles. The number of aromatic hydroxyl groups is 1. The summed E-state index contributed by atoms with van der Waals surface area (Å²) >= 11 is 0. The molecule has 134 valence electrons. The second-order valence-electron chi connectivity index (χ2n) is 7.36. The number of aryl methyl sites for hydroxylation is 3. The molecule has 1 aliphatic rings. The van der Waals surface area contributed by atoms with Crippen LogP contribution in [0.5, 0.6) is 5.75 Å². The maximum Gasteiger partial charge on any atom is 0.115 e. The minimum atomic E-state index is 0.251. The van der Waals surface area contributed by atoms with Crippen LogP contribution in [0.3, 0.4) is 0 Å². The van der Waals surface area contributed by atoms with Gasteiger partial charge < -0.3 is 9.67 Å². The topological polar surface area (TPSA) is 28.4 Å². The van der Waals surface area contributed by atoms with Gasteiger partial charge in [-0.15, -0.1) is 0 Å². The van der Waals surface area contributed by atoms with Crippen molar-refractivity contribution in [1.82, 2.24) is 9.47 Å². The van der Waals surface area contributed by atoms with Crippen molar-refractivity contribution in [2.45, 2.75) is 39.4 Å². The molecular formula is C23H26N2O. The zero-order chi connectivity index (χ0) is 18.1. The number of rotatable bonds is 3. The van der Waals surface area contributed by atoms with E-state index in [0.29, 0.717) is 5.75 Å². The Morgan fingerprint density at radius 1 is 0.962 bits per heavy atom. The van der Waals surface area contributed by atoms with Crippen molar-refractivity contribution >= 4 is 0 Å². The van der Waals surface area contributed by atoms with E-state index in [1.807, 2.05) is 12.1 Å². The minimum absolute atomic E-state index is 0.251. The molecule has 0 saturated carbocycles. The molecule has 0 fully saturated rings. The standard InChI is InChI=1S/C23H26N2O/c1-17-6-9-20(15-18(17)2)23-22-5-3-12-24(22)13-4-14-25(23)16-19-7-10-21(26)11-8-19/h3,5-12,15,23,26H,4,13-14,16H2,1-2H3. The Morgan fingerprint density at radius 2 is 1.77 bits per heavy atom. The van der Waals surface area contributed by atoms with Gasteiger partial charge in [-0.05, 0) is 66.8 Å². The monoisotopic (exact) mass is 346 g/mol. The van der Waals surface area contributed by atoms with Gasteiger partial charge in [0.25, 0.3) is 0 Å². The molecule has 1 unspecified atom stereocenters. The molecule has 0 spiro atoms. The molecule has 0 radical (unpaired) electrons. The molecular weight excluding hydrogens is 320 g/mol. The van der Waals surface area contributed by atoms with E-state index < -0.39 is 0 Å². The van der Waals surface area contributed by atoms with Crippen molar-refractivity contribution in [2.75, 3.05) is 6.54 Å². The number of benzene rings is 2. The van der Waals surface area contributed by atoms with Crippen molar-refractivity contribution < 1.29 is 5.11 Å². The molecule has 3 heteroatoms. The SMILES string of the molecule is Cc1ccc(C2c3cccn3CCCN2Cc2ccc(O)cc2)cc1C. The fraction of sp³-hybridized carbons (Fsp3) is 0.304. The van der Waals surface area contributed by atoms with Crippen LogP contribution < -0.4 is 0 Å². The van der Waals surface area contributed by atoms with Gasteiger partial charge in [0.2, 0.25) is 0 Å². The first-order valence-electron chi connectivity index (χ1n) is 9.36. The van der Waals surface area contributed by atoms with E-state index >= 15 is 0 Å². The number of nitrogens with zero attached hydrogens (tertiary/aromatic N) is 2. The molecule has 1 N–H and O–H groups in total. The van der Waals surface area contributed by atoms with Crippen molar-refractivity contribution in [3.05, 3.63) is 88.7 Å². The maximum atomic E-state index is 9.58. The van der Waals surface area contributed by atoms with Crippen molar-refractivity contribution in [1.29, 1.82) is 0 Å². The van der Waals surface area contributed by atoms with Crippen molar-refractivity contribution in [2.24, 2.45) is 0 Å². The lowest BCUT2D eigenvalue weighted by Gasteiger charge is -2.31. The van der Waals surface area contributed by atoms with Crippen LogP contribution in [0.2, 0.25) is 0 Å². The highest BCUT2D eigenvalue weighted by Crippen LogP contribution is 2.34. The summed E-state index contributed by atoms with van der Waals surface area (Å²) in [7, 11) is 0. The second kappa shape index (κ2) is 7.00. The van der Waals surface area contributed by atoms with Crippen LogP contribution in [0.15, 0.2) is 60.8 Å². The van der Waals surface area contributed by atoms with Crippen LogP contribution in [0.4, 0.5) is 0 Å². The van der Waals surface area contributed by atoms with E-state index in [-0.39, 0.29) is 6.04 Å². The lowest BCUT2D eigenvalue weighted by Crippen LogP contribution is -2.29. The summed E-state index contributed by atoms with van der Waals surface area (Å²) in [4.78, 5) is 2.56. The third-order valence-electron chi connectivity index (χ3n) is 5.52. The molecule has 4 rings (SSSR count). The molecule has 1 atom stereocenters. The minimum Gasteiger partial charge on any atom is -0.508 e. The third kappa shape index (κ3) is 3.27. The molecule has 1 aliphatic heterocycles. The Balaban J connectivity index is 1.75. The average Bonchev–Trinajstić information content (AvgIpc) is 3.01. The number of phenolic OH excluding ortho intramolecular Hbond substituents is 1. The first-order chi connectivity index (χ1) is 12.6. The first kappa shape index (κ1) is 16.9. The zero-order valence-corrected chi connectivity index (χ0v) is 15.5. The van der Waals surface area contributed by atoms with Gasteiger partial charge in [-0.3, -0.25) is 4.90 Å². The highest BCUT2D eigenvalue weighted by Gasteiger charge is 2.27. The van der Waals surface area contributed by atoms with Gasteiger partial charge in [-0.25, -0.2) is 0 Å². The summed E-state index contributed by atoms with van der Waals surface area (Å²) in [6.07, 6.45) is 3.34. The largest absolute Gasteiger partial charge is 0.508 e. The lowest BCUT2D eigenvalue weighted by molar-refractivity contribution is 0.220. The van der Waals surface area contributed by atoms with Gasteiger partial charge in [-0.2, -0.15) is 0 Å². The fourth-order valence-corrected chi connectivity index (χ4v) is 3.96. The lowest BCUT2D eigenvalue weighted by atomic mass is 9.97. The van der Waals surface area contributed by atoms with E-state index in [1.165, 1.54) is 27.9 Å². The van der Waals surface area contributed by atoms with Crippen LogP contribution in [-0.2, 0) is 13.1 Å². The number of aromatic nitrogens is 1. The number of phenols is 1. The van der Waals surface area contributed by atoms with Crippen LogP contribution in [0.1, 0.15) is 40.4 Å². The summed E-state index contributed by atoms with van der Waals surface area (Å²) in [6.45, 7) is 7.36. The van der Waals surface area contributed by atoms with Crippen LogP contribution in [0.25, 0.3) is 0 Å². The summed E-state index contributed by atoms with van der Waals surface area (Å²) in [6, 6.07) is 19.1. The molecule has 0 saturated heterocycles. The average molecular weight is 346 g/mol. The quantitative estimate of drug-likeness (QED) is 0.737. The molecule has 1 aromatic heterocycles. The van der Waals surface area contributed by atoms with Crippen LogP contribution in [0, 0.1) is 13.8 Å². The van der Waals surface area contributed by atoms with Crippen LogP contribution in [-0.4, -0.2) is 21.1 Å². The fourth-order valence-electron chi connectivity index (χ4n) is 3.96. The van der Waals surface area contributed by atoms with Gasteiger partial charge in [0.05, 0.1) is 6.04 Å². The van der Waals surface area contributed by atoms with Gasteiger partial charge >= 0.3 is 0 Å². The molecule has 2 aromatic carbocycles. The highest BCUT2D eigenvalue weighted by atomic mass is 16.3. The number of hydrogen-bond acceptors (Lipinski definition) is 2. The summed E-state index contributed by atoms with van der Waals surface area (Å²) in [5.74, 6) is 0.323. The number of fused-ring (bicyclic) bond motifs is 1. The maximum absolute atomic E-state index is 9.58. The van der Waals surface area contributed by atoms with E-state index in [0.717, 1.165) is 26.1 Å². The van der Waals surface area contributed by atoms with E-state index in [4.69, 9.17) is 0 Å². The van der Waals surface area contributed by atoms with E-state index in [9.17, 15) is 5.11 Å². The Morgan fingerprint density at radius 3 is 2.54 bits per heavy atom. The van der Waals surface area contributed by atoms with Gasteiger partial charge in [0.1, 0.15) is 5.75 Å².